The number of ether oxygens (including phenoxy) is 3. The monoisotopic (exact) mass is 562 g/mol. The van der Waals surface area contributed by atoms with Crippen molar-refractivity contribution >= 4 is 39.9 Å². The van der Waals surface area contributed by atoms with Gasteiger partial charge in [0.1, 0.15) is 28.7 Å². The van der Waals surface area contributed by atoms with Crippen molar-refractivity contribution in [3.63, 3.8) is 0 Å². The Balaban J connectivity index is 1.81. The number of unbranched alkanes of at least 4 members (excludes halogenated alkanes) is 1. The standard InChI is InChI=1S/C30H30N2O7S/c1-5-7-17-39-22-14-10-20(11-15-22)25(33)23-24(19-8-12-21(13-9-19)38-16-6-2)32(28(35)26(23)34)30-31-18(3)27(40-30)29(36)37-4/h6,8-15,24,33H,2,5,7,16-17H2,1,3-4H3/b25-23-. The lowest BCUT2D eigenvalue weighted by Crippen LogP contribution is -2.29. The summed E-state index contributed by atoms with van der Waals surface area (Å²) in [6.07, 6.45) is 3.53. The normalized spacial score (nSPS) is 16.2. The summed E-state index contributed by atoms with van der Waals surface area (Å²) in [4.78, 5) is 44.9. The quantitative estimate of drug-likeness (QED) is 0.0801. The minimum Gasteiger partial charge on any atom is -0.507 e. The molecule has 208 valence electrons. The van der Waals surface area contributed by atoms with Gasteiger partial charge in [-0.1, -0.05) is 49.5 Å². The number of anilines is 1. The van der Waals surface area contributed by atoms with Crippen LogP contribution in [0.15, 0.2) is 66.8 Å². The van der Waals surface area contributed by atoms with Crippen LogP contribution in [0.4, 0.5) is 5.13 Å². The van der Waals surface area contributed by atoms with Crippen LogP contribution in [0, 0.1) is 6.92 Å². The maximum absolute atomic E-state index is 13.4. The molecule has 1 fully saturated rings. The highest BCUT2D eigenvalue weighted by molar-refractivity contribution is 7.17. The molecule has 0 saturated carbocycles. The van der Waals surface area contributed by atoms with E-state index in [-0.39, 0.29) is 21.3 Å². The van der Waals surface area contributed by atoms with E-state index in [1.807, 2.05) is 0 Å². The van der Waals surface area contributed by atoms with Crippen molar-refractivity contribution in [1.82, 2.24) is 4.98 Å². The van der Waals surface area contributed by atoms with Crippen molar-refractivity contribution in [3.05, 3.63) is 88.5 Å². The van der Waals surface area contributed by atoms with Gasteiger partial charge in [-0.15, -0.1) is 0 Å². The van der Waals surface area contributed by atoms with E-state index in [1.54, 1.807) is 61.5 Å². The lowest BCUT2D eigenvalue weighted by molar-refractivity contribution is -0.132. The summed E-state index contributed by atoms with van der Waals surface area (Å²) in [5.74, 6) is -1.48. The summed E-state index contributed by atoms with van der Waals surface area (Å²) in [7, 11) is 1.25. The SMILES string of the molecule is C=CCOc1ccc(C2/C(=C(/O)c3ccc(OCCCC)cc3)C(=O)C(=O)N2c2nc(C)c(C(=O)OC)s2)cc1. The molecule has 1 atom stereocenters. The molecule has 0 aliphatic carbocycles. The van der Waals surface area contributed by atoms with Gasteiger partial charge in [0.05, 0.1) is 31.0 Å². The highest BCUT2D eigenvalue weighted by atomic mass is 32.1. The molecule has 1 amide bonds. The summed E-state index contributed by atoms with van der Waals surface area (Å²) >= 11 is 0.940. The minimum atomic E-state index is -1.01. The molecular formula is C30H30N2O7S. The molecule has 40 heavy (non-hydrogen) atoms. The third-order valence-corrected chi connectivity index (χ3v) is 7.40. The van der Waals surface area contributed by atoms with Gasteiger partial charge in [-0.05, 0) is 55.3 Å². The zero-order valence-corrected chi connectivity index (χ0v) is 23.3. The largest absolute Gasteiger partial charge is 0.507 e. The highest BCUT2D eigenvalue weighted by Crippen LogP contribution is 2.44. The van der Waals surface area contributed by atoms with Crippen molar-refractivity contribution < 1.29 is 33.7 Å². The van der Waals surface area contributed by atoms with E-state index < -0.39 is 23.7 Å². The fraction of sp³-hybridized carbons (Fsp3) is 0.267. The second-order valence-electron chi connectivity index (χ2n) is 8.97. The molecule has 2 aromatic carbocycles. The Bertz CT molecular complexity index is 1440. The van der Waals surface area contributed by atoms with Crippen molar-refractivity contribution in [2.45, 2.75) is 32.7 Å². The van der Waals surface area contributed by atoms with E-state index in [0.717, 1.165) is 24.2 Å². The number of aliphatic hydroxyl groups is 1. The number of thiazole rings is 1. The number of aryl methyl sites for hydroxylation is 1. The lowest BCUT2D eigenvalue weighted by atomic mass is 9.95. The Morgan fingerprint density at radius 3 is 2.38 bits per heavy atom. The molecule has 1 aliphatic heterocycles. The topological polar surface area (TPSA) is 115 Å². The van der Waals surface area contributed by atoms with E-state index in [2.05, 4.69) is 18.5 Å². The van der Waals surface area contributed by atoms with Crippen molar-refractivity contribution in [3.8, 4) is 11.5 Å². The van der Waals surface area contributed by atoms with Crippen LogP contribution in [-0.4, -0.2) is 48.1 Å². The maximum Gasteiger partial charge on any atom is 0.350 e. The molecule has 1 N–H and O–H groups in total. The van der Waals surface area contributed by atoms with E-state index in [1.165, 1.54) is 12.0 Å². The second kappa shape index (κ2) is 12.6. The summed E-state index contributed by atoms with van der Waals surface area (Å²) in [5.41, 5.74) is 1.15. The first-order valence-corrected chi connectivity index (χ1v) is 13.6. The Morgan fingerprint density at radius 2 is 1.75 bits per heavy atom. The number of carbonyl (C=O) groups excluding carboxylic acids is 3. The summed E-state index contributed by atoms with van der Waals surface area (Å²) in [6.45, 7) is 8.21. The molecule has 9 nitrogen and oxygen atoms in total. The Kier molecular flexibility index (Phi) is 9.00. The number of ketones is 1. The zero-order valence-electron chi connectivity index (χ0n) is 22.5. The van der Waals surface area contributed by atoms with Crippen molar-refractivity contribution in [2.75, 3.05) is 25.2 Å². The van der Waals surface area contributed by atoms with Gasteiger partial charge in [-0.2, -0.15) is 0 Å². The minimum absolute atomic E-state index is 0.100. The fourth-order valence-corrected chi connectivity index (χ4v) is 5.22. The second-order valence-corrected chi connectivity index (χ2v) is 9.94. The van der Waals surface area contributed by atoms with Crippen molar-refractivity contribution in [2.24, 2.45) is 0 Å². The third kappa shape index (κ3) is 5.76. The van der Waals surface area contributed by atoms with Gasteiger partial charge in [-0.25, -0.2) is 9.78 Å². The molecule has 10 heteroatoms. The predicted octanol–water partition coefficient (Wildman–Crippen LogP) is 5.61. The Labute approximate surface area is 236 Å². The van der Waals surface area contributed by atoms with E-state index in [4.69, 9.17) is 14.2 Å². The molecular weight excluding hydrogens is 532 g/mol. The van der Waals surface area contributed by atoms with E-state index in [9.17, 15) is 19.5 Å². The Morgan fingerprint density at radius 1 is 1.10 bits per heavy atom. The summed E-state index contributed by atoms with van der Waals surface area (Å²) < 4.78 is 16.1. The van der Waals surface area contributed by atoms with Crippen LogP contribution < -0.4 is 14.4 Å². The van der Waals surface area contributed by atoms with Crippen LogP contribution in [0.2, 0.25) is 0 Å². The van der Waals surface area contributed by atoms with Crippen LogP contribution in [0.3, 0.4) is 0 Å². The number of hydrogen-bond donors (Lipinski definition) is 1. The number of amides is 1. The number of Topliss-reactive ketones (excluding diaryl/α,β-unsaturated/α-hetero) is 1. The maximum atomic E-state index is 13.4. The summed E-state index contributed by atoms with van der Waals surface area (Å²) in [6, 6.07) is 12.5. The van der Waals surface area contributed by atoms with Crippen LogP contribution in [0.25, 0.3) is 5.76 Å². The smallest absolute Gasteiger partial charge is 0.350 e. The third-order valence-electron chi connectivity index (χ3n) is 6.26. The predicted molar refractivity (Wildman–Crippen MR) is 152 cm³/mol. The van der Waals surface area contributed by atoms with Crippen LogP contribution in [-0.2, 0) is 14.3 Å². The van der Waals surface area contributed by atoms with Gasteiger partial charge in [-0.3, -0.25) is 14.5 Å². The number of carbonyl (C=O) groups is 3. The number of aliphatic hydroxyl groups excluding tert-OH is 1. The molecule has 1 aliphatic rings. The van der Waals surface area contributed by atoms with Crippen LogP contribution >= 0.6 is 11.3 Å². The Hall–Kier alpha value is -4.44. The number of rotatable bonds is 11. The molecule has 1 unspecified atom stereocenters. The first kappa shape index (κ1) is 28.6. The van der Waals surface area contributed by atoms with E-state index in [0.29, 0.717) is 41.5 Å². The number of esters is 1. The van der Waals surface area contributed by atoms with Gasteiger partial charge in [0, 0.05) is 5.56 Å². The van der Waals surface area contributed by atoms with Gasteiger partial charge < -0.3 is 19.3 Å². The van der Waals surface area contributed by atoms with Crippen LogP contribution in [0.1, 0.15) is 52.3 Å². The number of hydrogen-bond acceptors (Lipinski definition) is 9. The zero-order chi connectivity index (χ0) is 28.8. The average molecular weight is 563 g/mol. The van der Waals surface area contributed by atoms with Crippen LogP contribution in [0.5, 0.6) is 11.5 Å². The molecule has 4 rings (SSSR count). The van der Waals surface area contributed by atoms with Gasteiger partial charge in [0.15, 0.2) is 5.13 Å². The number of nitrogens with zero attached hydrogens (tertiary/aromatic N) is 2. The fourth-order valence-electron chi connectivity index (χ4n) is 4.21. The first-order valence-electron chi connectivity index (χ1n) is 12.7. The lowest BCUT2D eigenvalue weighted by Gasteiger charge is -2.23. The number of benzene rings is 2. The molecule has 0 spiro atoms. The molecule has 0 radical (unpaired) electrons. The van der Waals surface area contributed by atoms with Gasteiger partial charge in [0.2, 0.25) is 0 Å². The highest BCUT2D eigenvalue weighted by Gasteiger charge is 2.48. The van der Waals surface area contributed by atoms with Gasteiger partial charge in [0.25, 0.3) is 5.78 Å². The molecule has 2 heterocycles. The number of aromatic nitrogens is 1. The molecule has 0 bridgehead atoms. The molecule has 3 aromatic rings. The average Bonchev–Trinajstić information content (AvgIpc) is 3.48. The van der Waals surface area contributed by atoms with E-state index >= 15 is 0 Å². The number of methoxy groups -OCH3 is 1. The van der Waals surface area contributed by atoms with Crippen molar-refractivity contribution in [1.29, 1.82) is 0 Å². The molecule has 1 saturated heterocycles. The van der Waals surface area contributed by atoms with Gasteiger partial charge >= 0.3 is 11.9 Å². The molecule has 1 aromatic heterocycles. The summed E-state index contributed by atoms with van der Waals surface area (Å²) in [5, 5.41) is 11.5. The first-order chi connectivity index (χ1) is 19.3.